The lowest BCUT2D eigenvalue weighted by Crippen LogP contribution is -2.40. The van der Waals surface area contributed by atoms with Crippen LogP contribution < -0.4 is 10.3 Å². The van der Waals surface area contributed by atoms with Crippen LogP contribution in [0.3, 0.4) is 0 Å². The lowest BCUT2D eigenvalue weighted by atomic mass is 10.2. The summed E-state index contributed by atoms with van der Waals surface area (Å²) in [6.45, 7) is 0. The molecular formula is C14H12ClN3O3S. The Labute approximate surface area is 132 Å². The maximum Gasteiger partial charge on any atom is 0.284 e. The average Bonchev–Trinajstić information content (AvgIpc) is 2.53. The molecule has 0 aliphatic heterocycles. The first-order valence-corrected chi connectivity index (χ1v) is 8.05. The Morgan fingerprint density at radius 3 is 2.50 bits per heavy atom. The van der Waals surface area contributed by atoms with Crippen molar-refractivity contribution < 1.29 is 13.2 Å². The van der Waals surface area contributed by atoms with E-state index in [1.54, 1.807) is 36.4 Å². The second kappa shape index (κ2) is 7.17. The highest BCUT2D eigenvalue weighted by Gasteiger charge is 2.10. The number of nitrogens with one attached hydrogen (secondary N) is 2. The van der Waals surface area contributed by atoms with E-state index in [0.29, 0.717) is 10.6 Å². The van der Waals surface area contributed by atoms with Gasteiger partial charge in [-0.1, -0.05) is 29.8 Å². The van der Waals surface area contributed by atoms with Crippen LogP contribution in [0, 0.1) is 0 Å². The molecule has 1 heterocycles. The maximum absolute atomic E-state index is 11.7. The Morgan fingerprint density at radius 1 is 1.14 bits per heavy atom. The number of pyridine rings is 1. The SMILES string of the molecule is O=C(NNS(=O)(=O)/C=C/c1ccc(Cl)cc1)c1ccccn1. The maximum atomic E-state index is 11.7. The van der Waals surface area contributed by atoms with Gasteiger partial charge in [-0.3, -0.25) is 15.2 Å². The molecule has 0 aliphatic rings. The molecule has 0 radical (unpaired) electrons. The molecule has 0 aliphatic carbocycles. The summed E-state index contributed by atoms with van der Waals surface area (Å²) in [7, 11) is -3.82. The number of carbonyl (C=O) groups excluding carboxylic acids is 1. The van der Waals surface area contributed by atoms with Crippen LogP contribution in [-0.4, -0.2) is 19.3 Å². The third kappa shape index (κ3) is 4.96. The molecule has 2 N–H and O–H groups in total. The summed E-state index contributed by atoms with van der Waals surface area (Å²) in [4.78, 5) is 17.4. The quantitative estimate of drug-likeness (QED) is 0.816. The summed E-state index contributed by atoms with van der Waals surface area (Å²) < 4.78 is 23.5. The molecular weight excluding hydrogens is 326 g/mol. The number of rotatable bonds is 5. The molecule has 0 saturated heterocycles. The lowest BCUT2D eigenvalue weighted by molar-refractivity contribution is 0.0940. The van der Waals surface area contributed by atoms with Crippen molar-refractivity contribution in [1.29, 1.82) is 0 Å². The van der Waals surface area contributed by atoms with Gasteiger partial charge < -0.3 is 0 Å². The van der Waals surface area contributed by atoms with Gasteiger partial charge in [0, 0.05) is 16.6 Å². The van der Waals surface area contributed by atoms with E-state index in [4.69, 9.17) is 11.6 Å². The van der Waals surface area contributed by atoms with E-state index in [-0.39, 0.29) is 5.69 Å². The minimum atomic E-state index is -3.82. The highest BCUT2D eigenvalue weighted by Crippen LogP contribution is 2.10. The third-order valence-electron chi connectivity index (χ3n) is 2.51. The Kier molecular flexibility index (Phi) is 5.26. The van der Waals surface area contributed by atoms with Crippen molar-refractivity contribution in [2.75, 3.05) is 0 Å². The van der Waals surface area contributed by atoms with Gasteiger partial charge >= 0.3 is 0 Å². The van der Waals surface area contributed by atoms with Crippen molar-refractivity contribution in [1.82, 2.24) is 15.2 Å². The summed E-state index contributed by atoms with van der Waals surface area (Å²) >= 11 is 5.74. The fourth-order valence-electron chi connectivity index (χ4n) is 1.45. The van der Waals surface area contributed by atoms with Crippen LogP contribution in [0.2, 0.25) is 5.02 Å². The number of aromatic nitrogens is 1. The van der Waals surface area contributed by atoms with Crippen LogP contribution in [0.15, 0.2) is 54.1 Å². The molecule has 0 fully saturated rings. The number of halogens is 1. The number of sulfonamides is 1. The van der Waals surface area contributed by atoms with Crippen LogP contribution >= 0.6 is 11.6 Å². The molecule has 22 heavy (non-hydrogen) atoms. The molecule has 0 bridgehead atoms. The van der Waals surface area contributed by atoms with Crippen LogP contribution in [0.4, 0.5) is 0 Å². The highest BCUT2D eigenvalue weighted by molar-refractivity contribution is 7.92. The zero-order valence-corrected chi connectivity index (χ0v) is 12.8. The Hall–Kier alpha value is -2.22. The standard InChI is InChI=1S/C14H12ClN3O3S/c15-12-6-4-11(5-7-12)8-10-22(20,21)18-17-14(19)13-3-1-2-9-16-13/h1-10,18H,(H,17,19)/b10-8+. The van der Waals surface area contributed by atoms with Crippen molar-refractivity contribution >= 4 is 33.6 Å². The van der Waals surface area contributed by atoms with E-state index in [1.165, 1.54) is 18.3 Å². The first kappa shape index (κ1) is 16.2. The molecule has 1 amide bonds. The minimum Gasteiger partial charge on any atom is -0.272 e. The van der Waals surface area contributed by atoms with Crippen LogP contribution in [0.25, 0.3) is 6.08 Å². The molecule has 8 heteroatoms. The fraction of sp³-hybridized carbons (Fsp3) is 0. The highest BCUT2D eigenvalue weighted by atomic mass is 35.5. The second-order valence-electron chi connectivity index (χ2n) is 4.17. The summed E-state index contributed by atoms with van der Waals surface area (Å²) in [5, 5.41) is 1.50. The van der Waals surface area contributed by atoms with Gasteiger partial charge in [0.2, 0.25) is 0 Å². The molecule has 0 atom stereocenters. The molecule has 0 unspecified atom stereocenters. The van der Waals surface area contributed by atoms with Crippen LogP contribution in [0.5, 0.6) is 0 Å². The predicted octanol–water partition coefficient (Wildman–Crippen LogP) is 1.97. The number of benzene rings is 1. The Morgan fingerprint density at radius 2 is 1.86 bits per heavy atom. The van der Waals surface area contributed by atoms with Gasteiger partial charge in [-0.25, -0.2) is 8.42 Å². The minimum absolute atomic E-state index is 0.104. The molecule has 6 nitrogen and oxygen atoms in total. The lowest BCUT2D eigenvalue weighted by Gasteiger charge is -2.04. The zero-order valence-electron chi connectivity index (χ0n) is 11.2. The van der Waals surface area contributed by atoms with Crippen molar-refractivity contribution in [2.45, 2.75) is 0 Å². The Bertz CT molecular complexity index is 775. The summed E-state index contributed by atoms with van der Waals surface area (Å²) in [5.41, 5.74) is 2.83. The number of amides is 1. The fourth-order valence-corrected chi connectivity index (χ4v) is 2.22. The van der Waals surface area contributed by atoms with E-state index in [0.717, 1.165) is 5.41 Å². The molecule has 2 rings (SSSR count). The van der Waals surface area contributed by atoms with Crippen molar-refractivity contribution in [2.24, 2.45) is 0 Å². The van der Waals surface area contributed by atoms with Gasteiger partial charge in [0.1, 0.15) is 5.69 Å². The second-order valence-corrected chi connectivity index (χ2v) is 6.17. The summed E-state index contributed by atoms with van der Waals surface area (Å²) in [6, 6.07) is 11.4. The predicted molar refractivity (Wildman–Crippen MR) is 84.2 cm³/mol. The largest absolute Gasteiger partial charge is 0.284 e. The molecule has 0 spiro atoms. The molecule has 1 aromatic carbocycles. The molecule has 114 valence electrons. The number of hydrogen-bond acceptors (Lipinski definition) is 4. The van der Waals surface area contributed by atoms with E-state index in [1.807, 2.05) is 4.83 Å². The monoisotopic (exact) mass is 337 g/mol. The van der Waals surface area contributed by atoms with Crippen molar-refractivity contribution in [3.05, 3.63) is 70.3 Å². The van der Waals surface area contributed by atoms with Crippen LogP contribution in [-0.2, 0) is 10.0 Å². The third-order valence-corrected chi connectivity index (χ3v) is 3.65. The number of hydrazine groups is 1. The van der Waals surface area contributed by atoms with Gasteiger partial charge in [0.15, 0.2) is 0 Å². The van der Waals surface area contributed by atoms with Gasteiger partial charge in [0.25, 0.3) is 15.9 Å². The average molecular weight is 338 g/mol. The first-order chi connectivity index (χ1) is 10.5. The summed E-state index contributed by atoms with van der Waals surface area (Å²) in [6.07, 6.45) is 2.81. The van der Waals surface area contributed by atoms with Gasteiger partial charge in [-0.2, -0.15) is 0 Å². The smallest absolute Gasteiger partial charge is 0.272 e. The molecule has 0 saturated carbocycles. The Balaban J connectivity index is 1.96. The molecule has 2 aromatic rings. The van der Waals surface area contributed by atoms with Gasteiger partial charge in [0.05, 0.1) is 0 Å². The first-order valence-electron chi connectivity index (χ1n) is 6.13. The van der Waals surface area contributed by atoms with Crippen molar-refractivity contribution in [3.8, 4) is 0 Å². The van der Waals surface area contributed by atoms with Gasteiger partial charge in [-0.05, 0) is 35.9 Å². The topological polar surface area (TPSA) is 88.2 Å². The van der Waals surface area contributed by atoms with Gasteiger partial charge in [-0.15, -0.1) is 4.83 Å². The number of hydrogen-bond donors (Lipinski definition) is 2. The van der Waals surface area contributed by atoms with Crippen LogP contribution in [0.1, 0.15) is 16.1 Å². The van der Waals surface area contributed by atoms with E-state index in [2.05, 4.69) is 10.4 Å². The van der Waals surface area contributed by atoms with E-state index >= 15 is 0 Å². The number of nitrogens with zero attached hydrogens (tertiary/aromatic N) is 1. The van der Waals surface area contributed by atoms with E-state index < -0.39 is 15.9 Å². The summed E-state index contributed by atoms with van der Waals surface area (Å²) in [5.74, 6) is -0.649. The normalized spacial score (nSPS) is 11.5. The number of carbonyl (C=O) groups is 1. The molecule has 1 aromatic heterocycles. The zero-order chi connectivity index (χ0) is 16.0. The van der Waals surface area contributed by atoms with E-state index in [9.17, 15) is 13.2 Å². The van der Waals surface area contributed by atoms with Crippen molar-refractivity contribution in [3.63, 3.8) is 0 Å².